The highest BCUT2D eigenvalue weighted by atomic mass is 16.5. The minimum absolute atomic E-state index is 0.448. The monoisotopic (exact) mass is 231 g/mol. The minimum atomic E-state index is 0.448. The average molecular weight is 231 g/mol. The standard InChI is InChI=1S/C15H21NO/c1-2-8-14-12(5-1)6-3-9-15(14)16-11-13-7-4-10-17-13/h1-2,5,8,13,15-16H,3-4,6-7,9-11H2. The molecule has 1 heterocycles. The fourth-order valence-corrected chi connectivity index (χ4v) is 3.05. The van der Waals surface area contributed by atoms with Crippen LogP contribution in [0.2, 0.25) is 0 Å². The molecule has 2 aliphatic rings. The van der Waals surface area contributed by atoms with Crippen LogP contribution in [0.1, 0.15) is 42.9 Å². The first-order valence-electron chi connectivity index (χ1n) is 6.86. The first-order valence-corrected chi connectivity index (χ1v) is 6.86. The lowest BCUT2D eigenvalue weighted by atomic mass is 9.87. The van der Waals surface area contributed by atoms with Crippen molar-refractivity contribution in [3.63, 3.8) is 0 Å². The van der Waals surface area contributed by atoms with E-state index in [1.807, 2.05) is 0 Å². The molecule has 1 fully saturated rings. The number of hydrogen-bond donors (Lipinski definition) is 1. The zero-order valence-electron chi connectivity index (χ0n) is 10.3. The van der Waals surface area contributed by atoms with Gasteiger partial charge in [0.05, 0.1) is 6.10 Å². The lowest BCUT2D eigenvalue weighted by Crippen LogP contribution is -2.32. The van der Waals surface area contributed by atoms with E-state index in [0.717, 1.165) is 13.2 Å². The molecule has 0 amide bonds. The zero-order valence-corrected chi connectivity index (χ0v) is 10.3. The fraction of sp³-hybridized carbons (Fsp3) is 0.600. The summed E-state index contributed by atoms with van der Waals surface area (Å²) in [5, 5.41) is 3.69. The molecule has 2 heteroatoms. The molecule has 1 aliphatic heterocycles. The van der Waals surface area contributed by atoms with Gasteiger partial charge in [-0.2, -0.15) is 0 Å². The summed E-state index contributed by atoms with van der Waals surface area (Å²) in [6, 6.07) is 9.41. The number of fused-ring (bicyclic) bond motifs is 1. The maximum Gasteiger partial charge on any atom is 0.0700 e. The smallest absolute Gasteiger partial charge is 0.0700 e. The minimum Gasteiger partial charge on any atom is -0.377 e. The number of benzene rings is 1. The van der Waals surface area contributed by atoms with E-state index in [-0.39, 0.29) is 0 Å². The normalized spacial score (nSPS) is 28.0. The molecule has 1 aromatic carbocycles. The molecule has 2 unspecified atom stereocenters. The van der Waals surface area contributed by atoms with Crippen molar-refractivity contribution in [1.29, 1.82) is 0 Å². The molecular weight excluding hydrogens is 210 g/mol. The van der Waals surface area contributed by atoms with Crippen molar-refractivity contribution in [2.45, 2.75) is 44.2 Å². The van der Waals surface area contributed by atoms with E-state index in [9.17, 15) is 0 Å². The van der Waals surface area contributed by atoms with Crippen LogP contribution in [0.5, 0.6) is 0 Å². The van der Waals surface area contributed by atoms with Gasteiger partial charge in [-0.25, -0.2) is 0 Å². The Morgan fingerprint density at radius 2 is 2.12 bits per heavy atom. The first-order chi connectivity index (χ1) is 8.43. The SMILES string of the molecule is c1ccc2c(c1)CCCC2NCC1CCCO1. The van der Waals surface area contributed by atoms with Crippen LogP contribution in [0.15, 0.2) is 24.3 Å². The van der Waals surface area contributed by atoms with Gasteiger partial charge in [0, 0.05) is 19.2 Å². The lowest BCUT2D eigenvalue weighted by Gasteiger charge is -2.27. The Morgan fingerprint density at radius 1 is 1.18 bits per heavy atom. The largest absolute Gasteiger partial charge is 0.377 e. The number of rotatable bonds is 3. The van der Waals surface area contributed by atoms with E-state index in [4.69, 9.17) is 4.74 Å². The predicted molar refractivity (Wildman–Crippen MR) is 69.1 cm³/mol. The summed E-state index contributed by atoms with van der Waals surface area (Å²) in [5.74, 6) is 0. The second kappa shape index (κ2) is 5.19. The lowest BCUT2D eigenvalue weighted by molar-refractivity contribution is 0.107. The molecule has 0 saturated carbocycles. The molecular formula is C15H21NO. The van der Waals surface area contributed by atoms with E-state index in [1.54, 1.807) is 0 Å². The third kappa shape index (κ3) is 2.53. The van der Waals surface area contributed by atoms with Crippen molar-refractivity contribution in [2.24, 2.45) is 0 Å². The van der Waals surface area contributed by atoms with E-state index in [0.29, 0.717) is 12.1 Å². The molecule has 2 atom stereocenters. The summed E-state index contributed by atoms with van der Waals surface area (Å²) in [7, 11) is 0. The highest BCUT2D eigenvalue weighted by molar-refractivity contribution is 5.32. The molecule has 0 bridgehead atoms. The Morgan fingerprint density at radius 3 is 3.00 bits per heavy atom. The van der Waals surface area contributed by atoms with E-state index in [1.165, 1.54) is 43.2 Å². The van der Waals surface area contributed by atoms with Crippen molar-refractivity contribution in [2.75, 3.05) is 13.2 Å². The summed E-state index contributed by atoms with van der Waals surface area (Å²) < 4.78 is 5.67. The van der Waals surface area contributed by atoms with Gasteiger partial charge in [-0.05, 0) is 43.2 Å². The molecule has 92 valence electrons. The van der Waals surface area contributed by atoms with Gasteiger partial charge in [0.2, 0.25) is 0 Å². The fourth-order valence-electron chi connectivity index (χ4n) is 3.05. The first kappa shape index (κ1) is 11.2. The van der Waals surface area contributed by atoms with E-state index in [2.05, 4.69) is 29.6 Å². The second-order valence-electron chi connectivity index (χ2n) is 5.19. The topological polar surface area (TPSA) is 21.3 Å². The summed E-state index contributed by atoms with van der Waals surface area (Å²) in [5.41, 5.74) is 3.04. The Labute approximate surface area is 103 Å². The molecule has 1 aromatic rings. The van der Waals surface area contributed by atoms with Crippen LogP contribution < -0.4 is 5.32 Å². The van der Waals surface area contributed by atoms with Crippen LogP contribution in [-0.4, -0.2) is 19.3 Å². The molecule has 1 N–H and O–H groups in total. The van der Waals surface area contributed by atoms with Gasteiger partial charge in [0.1, 0.15) is 0 Å². The highest BCUT2D eigenvalue weighted by Crippen LogP contribution is 2.29. The van der Waals surface area contributed by atoms with Crippen molar-refractivity contribution in [3.05, 3.63) is 35.4 Å². The van der Waals surface area contributed by atoms with Crippen LogP contribution in [0.3, 0.4) is 0 Å². The van der Waals surface area contributed by atoms with Crippen LogP contribution in [-0.2, 0) is 11.2 Å². The number of aryl methyl sites for hydroxylation is 1. The molecule has 3 rings (SSSR count). The maximum atomic E-state index is 5.67. The zero-order chi connectivity index (χ0) is 11.5. The number of hydrogen-bond acceptors (Lipinski definition) is 2. The summed E-state index contributed by atoms with van der Waals surface area (Å²) >= 11 is 0. The molecule has 17 heavy (non-hydrogen) atoms. The van der Waals surface area contributed by atoms with Gasteiger partial charge in [-0.15, -0.1) is 0 Å². The Hall–Kier alpha value is -0.860. The Kier molecular flexibility index (Phi) is 3.44. The summed E-state index contributed by atoms with van der Waals surface area (Å²) in [6.07, 6.45) is 6.72. The van der Waals surface area contributed by atoms with Gasteiger partial charge in [0.25, 0.3) is 0 Å². The average Bonchev–Trinajstić information content (AvgIpc) is 2.89. The molecule has 1 aliphatic carbocycles. The predicted octanol–water partition coefficient (Wildman–Crippen LogP) is 2.83. The van der Waals surface area contributed by atoms with Crippen molar-refractivity contribution in [1.82, 2.24) is 5.32 Å². The number of nitrogens with one attached hydrogen (secondary N) is 1. The Bertz CT molecular complexity index is 371. The molecule has 2 nitrogen and oxygen atoms in total. The molecule has 0 spiro atoms. The van der Waals surface area contributed by atoms with Crippen LogP contribution >= 0.6 is 0 Å². The highest BCUT2D eigenvalue weighted by Gasteiger charge is 2.21. The van der Waals surface area contributed by atoms with Gasteiger partial charge in [-0.3, -0.25) is 0 Å². The summed E-state index contributed by atoms with van der Waals surface area (Å²) in [4.78, 5) is 0. The molecule has 0 aromatic heterocycles. The third-order valence-corrected chi connectivity index (χ3v) is 3.99. The van der Waals surface area contributed by atoms with Crippen LogP contribution in [0.25, 0.3) is 0 Å². The summed E-state index contributed by atoms with van der Waals surface area (Å²) in [6.45, 7) is 1.96. The second-order valence-corrected chi connectivity index (χ2v) is 5.19. The van der Waals surface area contributed by atoms with Crippen LogP contribution in [0, 0.1) is 0 Å². The Balaban J connectivity index is 1.64. The number of ether oxygens (including phenoxy) is 1. The quantitative estimate of drug-likeness (QED) is 0.863. The third-order valence-electron chi connectivity index (χ3n) is 3.99. The van der Waals surface area contributed by atoms with Crippen molar-refractivity contribution < 1.29 is 4.74 Å². The molecule has 0 radical (unpaired) electrons. The van der Waals surface area contributed by atoms with E-state index >= 15 is 0 Å². The van der Waals surface area contributed by atoms with Crippen molar-refractivity contribution in [3.8, 4) is 0 Å². The van der Waals surface area contributed by atoms with Gasteiger partial charge in [-0.1, -0.05) is 24.3 Å². The van der Waals surface area contributed by atoms with Gasteiger partial charge >= 0.3 is 0 Å². The van der Waals surface area contributed by atoms with Crippen molar-refractivity contribution >= 4 is 0 Å². The van der Waals surface area contributed by atoms with Gasteiger partial charge < -0.3 is 10.1 Å². The maximum absolute atomic E-state index is 5.67. The van der Waals surface area contributed by atoms with E-state index < -0.39 is 0 Å². The van der Waals surface area contributed by atoms with Crippen LogP contribution in [0.4, 0.5) is 0 Å². The van der Waals surface area contributed by atoms with Gasteiger partial charge in [0.15, 0.2) is 0 Å². The molecule has 1 saturated heterocycles.